The number of nitrogens with zero attached hydrogens (tertiary/aromatic N) is 2. The number of thiazole rings is 1. The molecule has 0 aromatic carbocycles. The first-order valence-corrected chi connectivity index (χ1v) is 7.27. The average Bonchev–Trinajstić information content (AvgIpc) is 2.84. The van der Waals surface area contributed by atoms with Crippen LogP contribution < -0.4 is 4.90 Å². The first kappa shape index (κ1) is 14.4. The minimum absolute atomic E-state index is 0.394. The number of methoxy groups -OCH3 is 2. The zero-order valence-corrected chi connectivity index (χ0v) is 12.2. The van der Waals surface area contributed by atoms with Gasteiger partial charge in [-0.25, -0.2) is 4.98 Å². The summed E-state index contributed by atoms with van der Waals surface area (Å²) in [6, 6.07) is 0. The van der Waals surface area contributed by atoms with E-state index in [4.69, 9.17) is 9.47 Å². The van der Waals surface area contributed by atoms with Crippen molar-refractivity contribution in [2.45, 2.75) is 19.4 Å². The standard InChI is InChI=1S/C13H20N2O3S/c1-17-8-10-3-5-15(6-4-10)13-14-11(9-18-2)12(7-16)19-13/h7,10H,3-6,8-9H2,1-2H3. The number of aromatic nitrogens is 1. The zero-order valence-electron chi connectivity index (χ0n) is 11.4. The Labute approximate surface area is 117 Å². The number of hydrogen-bond donors (Lipinski definition) is 0. The maximum absolute atomic E-state index is 11.0. The normalized spacial score (nSPS) is 16.8. The first-order chi connectivity index (χ1) is 9.28. The quantitative estimate of drug-likeness (QED) is 0.748. The number of rotatable bonds is 6. The minimum atomic E-state index is 0.394. The van der Waals surface area contributed by atoms with E-state index < -0.39 is 0 Å². The van der Waals surface area contributed by atoms with E-state index in [1.54, 1.807) is 14.2 Å². The van der Waals surface area contributed by atoms with Gasteiger partial charge in [0.2, 0.25) is 0 Å². The highest BCUT2D eigenvalue weighted by molar-refractivity contribution is 7.17. The molecule has 0 aliphatic carbocycles. The second-order valence-corrected chi connectivity index (χ2v) is 5.75. The molecule has 2 rings (SSSR count). The van der Waals surface area contributed by atoms with Gasteiger partial charge in [0.25, 0.3) is 0 Å². The molecule has 0 N–H and O–H groups in total. The van der Waals surface area contributed by atoms with Crippen LogP contribution in [0.3, 0.4) is 0 Å². The third-order valence-corrected chi connectivity index (χ3v) is 4.48. The van der Waals surface area contributed by atoms with Crippen LogP contribution in [0.2, 0.25) is 0 Å². The van der Waals surface area contributed by atoms with E-state index >= 15 is 0 Å². The molecule has 106 valence electrons. The van der Waals surface area contributed by atoms with Crippen molar-refractivity contribution in [2.75, 3.05) is 38.8 Å². The predicted octanol–water partition coefficient (Wildman–Crippen LogP) is 1.96. The molecule has 0 atom stereocenters. The van der Waals surface area contributed by atoms with Crippen molar-refractivity contribution in [3.8, 4) is 0 Å². The van der Waals surface area contributed by atoms with Crippen molar-refractivity contribution < 1.29 is 14.3 Å². The lowest BCUT2D eigenvalue weighted by atomic mass is 9.98. The van der Waals surface area contributed by atoms with E-state index in [0.717, 1.165) is 49.6 Å². The second kappa shape index (κ2) is 6.98. The maximum Gasteiger partial charge on any atom is 0.186 e. The number of anilines is 1. The monoisotopic (exact) mass is 284 g/mol. The molecular formula is C13H20N2O3S. The SMILES string of the molecule is COCc1nc(N2CCC(COC)CC2)sc1C=O. The Balaban J connectivity index is 2.01. The molecule has 19 heavy (non-hydrogen) atoms. The van der Waals surface area contributed by atoms with Crippen LogP contribution >= 0.6 is 11.3 Å². The number of carbonyl (C=O) groups is 1. The van der Waals surface area contributed by atoms with Gasteiger partial charge >= 0.3 is 0 Å². The lowest BCUT2D eigenvalue weighted by molar-refractivity contribution is 0.112. The van der Waals surface area contributed by atoms with E-state index in [9.17, 15) is 4.79 Å². The molecule has 0 spiro atoms. The Morgan fingerprint density at radius 1 is 1.37 bits per heavy atom. The highest BCUT2D eigenvalue weighted by Gasteiger charge is 2.22. The number of ether oxygens (including phenoxy) is 2. The molecule has 1 aromatic rings. The summed E-state index contributed by atoms with van der Waals surface area (Å²) in [6.07, 6.45) is 3.10. The van der Waals surface area contributed by atoms with Crippen molar-refractivity contribution in [2.24, 2.45) is 5.92 Å². The molecule has 0 bridgehead atoms. The van der Waals surface area contributed by atoms with Crippen molar-refractivity contribution in [3.05, 3.63) is 10.6 Å². The van der Waals surface area contributed by atoms with Crippen LogP contribution in [0.15, 0.2) is 0 Å². The van der Waals surface area contributed by atoms with Gasteiger partial charge in [-0.15, -0.1) is 0 Å². The van der Waals surface area contributed by atoms with Crippen LogP contribution in [0.25, 0.3) is 0 Å². The van der Waals surface area contributed by atoms with Crippen LogP contribution in [0.1, 0.15) is 28.2 Å². The van der Waals surface area contributed by atoms with Gasteiger partial charge in [-0.3, -0.25) is 4.79 Å². The smallest absolute Gasteiger partial charge is 0.186 e. The van der Waals surface area contributed by atoms with Gasteiger partial charge in [-0.1, -0.05) is 11.3 Å². The molecule has 0 amide bonds. The van der Waals surface area contributed by atoms with E-state index in [-0.39, 0.29) is 0 Å². The van der Waals surface area contributed by atoms with Gasteiger partial charge in [-0.2, -0.15) is 0 Å². The van der Waals surface area contributed by atoms with E-state index in [1.165, 1.54) is 11.3 Å². The molecular weight excluding hydrogens is 264 g/mol. The van der Waals surface area contributed by atoms with Crippen molar-refractivity contribution in [1.29, 1.82) is 0 Å². The van der Waals surface area contributed by atoms with Crippen molar-refractivity contribution in [3.63, 3.8) is 0 Å². The zero-order chi connectivity index (χ0) is 13.7. The van der Waals surface area contributed by atoms with Gasteiger partial charge < -0.3 is 14.4 Å². The fourth-order valence-electron chi connectivity index (χ4n) is 2.34. The Morgan fingerprint density at radius 2 is 2.11 bits per heavy atom. The average molecular weight is 284 g/mol. The van der Waals surface area contributed by atoms with Crippen LogP contribution in [-0.2, 0) is 16.1 Å². The van der Waals surface area contributed by atoms with Crippen LogP contribution in [-0.4, -0.2) is 45.2 Å². The number of hydrogen-bond acceptors (Lipinski definition) is 6. The highest BCUT2D eigenvalue weighted by atomic mass is 32.1. The molecule has 1 fully saturated rings. The molecule has 0 radical (unpaired) electrons. The Hall–Kier alpha value is -0.980. The summed E-state index contributed by atoms with van der Waals surface area (Å²) in [5.74, 6) is 0.644. The molecule has 5 nitrogen and oxygen atoms in total. The maximum atomic E-state index is 11.0. The summed E-state index contributed by atoms with van der Waals surface area (Å²) in [4.78, 5) is 18.5. The number of carbonyl (C=O) groups excluding carboxylic acids is 1. The summed E-state index contributed by atoms with van der Waals surface area (Å²) in [5, 5.41) is 0.935. The summed E-state index contributed by atoms with van der Waals surface area (Å²) in [6.45, 7) is 3.18. The lowest BCUT2D eigenvalue weighted by Crippen LogP contribution is -2.34. The highest BCUT2D eigenvalue weighted by Crippen LogP contribution is 2.29. The summed E-state index contributed by atoms with van der Waals surface area (Å²) in [7, 11) is 3.37. The summed E-state index contributed by atoms with van der Waals surface area (Å²) < 4.78 is 10.3. The largest absolute Gasteiger partial charge is 0.384 e. The molecule has 6 heteroatoms. The second-order valence-electron chi connectivity index (χ2n) is 4.74. The van der Waals surface area contributed by atoms with E-state index in [2.05, 4.69) is 9.88 Å². The molecule has 0 saturated carbocycles. The molecule has 1 saturated heterocycles. The molecule has 0 unspecified atom stereocenters. The molecule has 1 aliphatic rings. The fourth-order valence-corrected chi connectivity index (χ4v) is 3.28. The summed E-state index contributed by atoms with van der Waals surface area (Å²) >= 11 is 1.46. The Morgan fingerprint density at radius 3 is 2.68 bits per heavy atom. The topological polar surface area (TPSA) is 51.7 Å². The molecule has 1 aromatic heterocycles. The van der Waals surface area contributed by atoms with Crippen molar-refractivity contribution >= 4 is 22.8 Å². The number of aldehydes is 1. The van der Waals surface area contributed by atoms with Gasteiger partial charge in [-0.05, 0) is 18.8 Å². The van der Waals surface area contributed by atoms with Gasteiger partial charge in [0.15, 0.2) is 11.4 Å². The van der Waals surface area contributed by atoms with Crippen LogP contribution in [0, 0.1) is 5.92 Å². The Bertz CT molecular complexity index is 414. The third-order valence-electron chi connectivity index (χ3n) is 3.39. The van der Waals surface area contributed by atoms with Crippen LogP contribution in [0.5, 0.6) is 0 Å². The molecule has 2 heterocycles. The lowest BCUT2D eigenvalue weighted by Gasteiger charge is -2.31. The van der Waals surface area contributed by atoms with E-state index in [1.807, 2.05) is 0 Å². The molecule has 1 aliphatic heterocycles. The first-order valence-electron chi connectivity index (χ1n) is 6.46. The van der Waals surface area contributed by atoms with Crippen LogP contribution in [0.4, 0.5) is 5.13 Å². The minimum Gasteiger partial charge on any atom is -0.384 e. The van der Waals surface area contributed by atoms with Gasteiger partial charge in [0.05, 0.1) is 17.2 Å². The third kappa shape index (κ3) is 3.52. The van der Waals surface area contributed by atoms with E-state index in [0.29, 0.717) is 17.4 Å². The predicted molar refractivity (Wildman–Crippen MR) is 75.0 cm³/mol. The fraction of sp³-hybridized carbons (Fsp3) is 0.692. The number of piperidine rings is 1. The Kier molecular flexibility index (Phi) is 5.30. The van der Waals surface area contributed by atoms with Gasteiger partial charge in [0.1, 0.15) is 0 Å². The summed E-state index contributed by atoms with van der Waals surface area (Å²) in [5.41, 5.74) is 0.747. The van der Waals surface area contributed by atoms with Crippen molar-refractivity contribution in [1.82, 2.24) is 4.98 Å². The van der Waals surface area contributed by atoms with Gasteiger partial charge in [0, 0.05) is 33.9 Å².